The molecule has 3 N–H and O–H groups in total. The van der Waals surface area contributed by atoms with Crippen molar-refractivity contribution in [3.8, 4) is 0 Å². The molecule has 1 aliphatic carbocycles. The molecule has 1 fully saturated rings. The SMILES string of the molecule is CCCC1CCC(C(Cc2ccccc2F)NN)CC1. The highest BCUT2D eigenvalue weighted by atomic mass is 19.1. The molecule has 3 heteroatoms. The molecule has 1 saturated carbocycles. The molecule has 20 heavy (non-hydrogen) atoms. The maximum Gasteiger partial charge on any atom is 0.126 e. The van der Waals surface area contributed by atoms with Gasteiger partial charge in [0.1, 0.15) is 5.82 Å². The Morgan fingerprint density at radius 3 is 2.55 bits per heavy atom. The number of hydrazine groups is 1. The number of nitrogens with two attached hydrogens (primary N) is 1. The van der Waals surface area contributed by atoms with Gasteiger partial charge in [0, 0.05) is 6.04 Å². The van der Waals surface area contributed by atoms with Crippen molar-refractivity contribution >= 4 is 0 Å². The lowest BCUT2D eigenvalue weighted by atomic mass is 9.76. The summed E-state index contributed by atoms with van der Waals surface area (Å²) in [5.74, 6) is 7.07. The molecule has 1 aliphatic rings. The van der Waals surface area contributed by atoms with Crippen LogP contribution in [0, 0.1) is 17.7 Å². The second-order valence-corrected chi connectivity index (χ2v) is 6.14. The van der Waals surface area contributed by atoms with Gasteiger partial charge in [0.25, 0.3) is 0 Å². The van der Waals surface area contributed by atoms with Crippen molar-refractivity contribution in [3.63, 3.8) is 0 Å². The van der Waals surface area contributed by atoms with Crippen LogP contribution >= 0.6 is 0 Å². The topological polar surface area (TPSA) is 38.0 Å². The van der Waals surface area contributed by atoms with E-state index in [2.05, 4.69) is 12.3 Å². The standard InChI is InChI=1S/C17H27FN2/c1-2-5-13-8-10-14(11-9-13)17(20-19)12-15-6-3-4-7-16(15)18/h3-4,6-7,13-14,17,20H,2,5,8-12,19H2,1H3. The van der Waals surface area contributed by atoms with Crippen molar-refractivity contribution in [3.05, 3.63) is 35.6 Å². The zero-order valence-corrected chi connectivity index (χ0v) is 12.4. The third kappa shape index (κ3) is 4.03. The first-order valence-electron chi connectivity index (χ1n) is 7.94. The van der Waals surface area contributed by atoms with E-state index in [-0.39, 0.29) is 11.9 Å². The summed E-state index contributed by atoms with van der Waals surface area (Å²) < 4.78 is 13.7. The summed E-state index contributed by atoms with van der Waals surface area (Å²) in [5.41, 5.74) is 3.70. The molecule has 1 aromatic carbocycles. The van der Waals surface area contributed by atoms with Gasteiger partial charge in [-0.05, 0) is 42.7 Å². The quantitative estimate of drug-likeness (QED) is 0.613. The van der Waals surface area contributed by atoms with Crippen molar-refractivity contribution in [2.75, 3.05) is 0 Å². The third-order valence-electron chi connectivity index (χ3n) is 4.77. The van der Waals surface area contributed by atoms with Gasteiger partial charge < -0.3 is 0 Å². The largest absolute Gasteiger partial charge is 0.271 e. The van der Waals surface area contributed by atoms with Crippen LogP contribution in [0.4, 0.5) is 4.39 Å². The Balaban J connectivity index is 1.91. The average Bonchev–Trinajstić information content (AvgIpc) is 2.48. The zero-order valence-electron chi connectivity index (χ0n) is 12.4. The van der Waals surface area contributed by atoms with E-state index >= 15 is 0 Å². The number of nitrogens with one attached hydrogen (secondary N) is 1. The fourth-order valence-electron chi connectivity index (χ4n) is 3.55. The fraction of sp³-hybridized carbons (Fsp3) is 0.647. The summed E-state index contributed by atoms with van der Waals surface area (Å²) in [6, 6.07) is 7.21. The molecule has 2 rings (SSSR count). The van der Waals surface area contributed by atoms with E-state index in [0.29, 0.717) is 12.3 Å². The summed E-state index contributed by atoms with van der Waals surface area (Å²) in [5, 5.41) is 0. The second kappa shape index (κ2) is 7.75. The maximum absolute atomic E-state index is 13.7. The van der Waals surface area contributed by atoms with Gasteiger partial charge in [-0.25, -0.2) is 4.39 Å². The van der Waals surface area contributed by atoms with Gasteiger partial charge in [0.2, 0.25) is 0 Å². The molecular weight excluding hydrogens is 251 g/mol. The lowest BCUT2D eigenvalue weighted by Gasteiger charge is -2.33. The molecule has 0 saturated heterocycles. The number of rotatable bonds is 6. The molecule has 1 aromatic rings. The minimum absolute atomic E-state index is 0.118. The first-order valence-corrected chi connectivity index (χ1v) is 7.94. The van der Waals surface area contributed by atoms with Gasteiger partial charge in [-0.1, -0.05) is 50.8 Å². The Labute approximate surface area is 121 Å². The lowest BCUT2D eigenvalue weighted by Crippen LogP contribution is -2.43. The molecule has 0 heterocycles. The van der Waals surface area contributed by atoms with Gasteiger partial charge in [-0.15, -0.1) is 0 Å². The van der Waals surface area contributed by atoms with Crippen molar-refractivity contribution in [1.82, 2.24) is 5.43 Å². The van der Waals surface area contributed by atoms with Crippen LogP contribution in [0.15, 0.2) is 24.3 Å². The van der Waals surface area contributed by atoms with Crippen LogP contribution in [0.5, 0.6) is 0 Å². The number of halogens is 1. The fourth-order valence-corrected chi connectivity index (χ4v) is 3.55. The Hall–Kier alpha value is -0.930. The van der Waals surface area contributed by atoms with Crippen molar-refractivity contribution in [2.24, 2.45) is 17.7 Å². The summed E-state index contributed by atoms with van der Waals surface area (Å²) in [6.07, 6.45) is 8.35. The minimum atomic E-state index is -0.118. The van der Waals surface area contributed by atoms with Crippen LogP contribution < -0.4 is 11.3 Å². The average molecular weight is 278 g/mol. The van der Waals surface area contributed by atoms with Crippen molar-refractivity contribution < 1.29 is 4.39 Å². The number of benzene rings is 1. The van der Waals surface area contributed by atoms with Gasteiger partial charge >= 0.3 is 0 Å². The molecule has 0 amide bonds. The van der Waals surface area contributed by atoms with Gasteiger partial charge in [0.05, 0.1) is 0 Å². The second-order valence-electron chi connectivity index (χ2n) is 6.14. The Bertz CT molecular complexity index is 400. The van der Waals surface area contributed by atoms with Crippen LogP contribution in [0.2, 0.25) is 0 Å². The maximum atomic E-state index is 13.7. The van der Waals surface area contributed by atoms with Crippen molar-refractivity contribution in [2.45, 2.75) is 57.9 Å². The molecule has 1 atom stereocenters. The Kier molecular flexibility index (Phi) is 5.99. The van der Waals surface area contributed by atoms with Gasteiger partial charge in [0.15, 0.2) is 0 Å². The summed E-state index contributed by atoms with van der Waals surface area (Å²) in [6.45, 7) is 2.26. The van der Waals surface area contributed by atoms with E-state index in [4.69, 9.17) is 5.84 Å². The molecule has 0 bridgehead atoms. The van der Waals surface area contributed by atoms with E-state index in [1.807, 2.05) is 12.1 Å². The molecule has 112 valence electrons. The lowest BCUT2D eigenvalue weighted by molar-refractivity contribution is 0.212. The van der Waals surface area contributed by atoms with E-state index in [9.17, 15) is 4.39 Å². The highest BCUT2D eigenvalue weighted by molar-refractivity contribution is 5.18. The van der Waals surface area contributed by atoms with Gasteiger partial charge in [-0.3, -0.25) is 11.3 Å². The summed E-state index contributed by atoms with van der Waals surface area (Å²) in [7, 11) is 0. The molecule has 0 aromatic heterocycles. The Morgan fingerprint density at radius 2 is 1.95 bits per heavy atom. The van der Waals surface area contributed by atoms with Crippen LogP contribution in [0.1, 0.15) is 51.0 Å². The number of hydrogen-bond acceptors (Lipinski definition) is 2. The third-order valence-corrected chi connectivity index (χ3v) is 4.77. The molecule has 1 unspecified atom stereocenters. The molecular formula is C17H27FN2. The molecule has 0 radical (unpaired) electrons. The van der Waals surface area contributed by atoms with Crippen LogP contribution in [-0.4, -0.2) is 6.04 Å². The highest BCUT2D eigenvalue weighted by Crippen LogP contribution is 2.34. The summed E-state index contributed by atoms with van der Waals surface area (Å²) in [4.78, 5) is 0. The molecule has 0 aliphatic heterocycles. The monoisotopic (exact) mass is 278 g/mol. The predicted molar refractivity (Wildman–Crippen MR) is 81.6 cm³/mol. The normalized spacial score (nSPS) is 24.6. The van der Waals surface area contributed by atoms with Crippen LogP contribution in [0.3, 0.4) is 0 Å². The van der Waals surface area contributed by atoms with Gasteiger partial charge in [-0.2, -0.15) is 0 Å². The first kappa shape index (κ1) is 15.5. The smallest absolute Gasteiger partial charge is 0.126 e. The highest BCUT2D eigenvalue weighted by Gasteiger charge is 2.27. The van der Waals surface area contributed by atoms with E-state index in [1.165, 1.54) is 44.6 Å². The van der Waals surface area contributed by atoms with Crippen molar-refractivity contribution in [1.29, 1.82) is 0 Å². The Morgan fingerprint density at radius 1 is 1.25 bits per heavy atom. The summed E-state index contributed by atoms with van der Waals surface area (Å²) >= 11 is 0. The number of hydrogen-bond donors (Lipinski definition) is 2. The predicted octanol–water partition coefficient (Wildman–Crippen LogP) is 3.81. The van der Waals surface area contributed by atoms with Crippen LogP contribution in [0.25, 0.3) is 0 Å². The van der Waals surface area contributed by atoms with E-state index < -0.39 is 0 Å². The minimum Gasteiger partial charge on any atom is -0.271 e. The zero-order chi connectivity index (χ0) is 14.4. The molecule has 0 spiro atoms. The molecule has 2 nitrogen and oxygen atoms in total. The van der Waals surface area contributed by atoms with E-state index in [0.717, 1.165) is 11.5 Å². The van der Waals surface area contributed by atoms with Crippen LogP contribution in [-0.2, 0) is 6.42 Å². The first-order chi connectivity index (χ1) is 9.74. The van der Waals surface area contributed by atoms with E-state index in [1.54, 1.807) is 6.07 Å².